The number of benzene rings is 3. The molecule has 1 heterocycles. The van der Waals surface area contributed by atoms with Crippen LogP contribution < -0.4 is 16.0 Å². The van der Waals surface area contributed by atoms with Crippen molar-refractivity contribution in [2.75, 3.05) is 5.32 Å². The van der Waals surface area contributed by atoms with Gasteiger partial charge in [-0.25, -0.2) is 8.78 Å². The first-order valence-corrected chi connectivity index (χ1v) is 12.3. The van der Waals surface area contributed by atoms with Gasteiger partial charge in [0.25, 0.3) is 0 Å². The first-order valence-electron chi connectivity index (χ1n) is 11.4. The molecule has 0 spiro atoms. The van der Waals surface area contributed by atoms with Crippen LogP contribution in [0.2, 0.25) is 0 Å². The second-order valence-corrected chi connectivity index (χ2v) is 9.85. The molecular weight excluding hydrogens is 484 g/mol. The van der Waals surface area contributed by atoms with E-state index in [-0.39, 0.29) is 17.9 Å². The van der Waals surface area contributed by atoms with Crippen LogP contribution in [0.3, 0.4) is 0 Å². The number of halogens is 2. The second-order valence-electron chi connectivity index (χ2n) is 8.66. The van der Waals surface area contributed by atoms with Gasteiger partial charge < -0.3 is 16.0 Å². The molecule has 9 heteroatoms. The molecule has 0 saturated heterocycles. The van der Waals surface area contributed by atoms with E-state index in [2.05, 4.69) is 16.0 Å². The van der Waals surface area contributed by atoms with Crippen molar-refractivity contribution in [3.8, 4) is 0 Å². The predicted molar refractivity (Wildman–Crippen MR) is 134 cm³/mol. The maximum Gasteiger partial charge on any atom is 0.248 e. The van der Waals surface area contributed by atoms with Crippen LogP contribution in [0.25, 0.3) is 0 Å². The summed E-state index contributed by atoms with van der Waals surface area (Å²) in [6, 6.07) is 16.1. The van der Waals surface area contributed by atoms with Crippen LogP contribution in [0.5, 0.6) is 0 Å². The summed E-state index contributed by atoms with van der Waals surface area (Å²) < 4.78 is 26.8. The van der Waals surface area contributed by atoms with E-state index in [0.29, 0.717) is 5.69 Å². The van der Waals surface area contributed by atoms with Gasteiger partial charge in [0.1, 0.15) is 23.7 Å². The molecule has 0 fully saturated rings. The Morgan fingerprint density at radius 2 is 1.69 bits per heavy atom. The highest BCUT2D eigenvalue weighted by atomic mass is 32.2. The molecule has 3 aromatic rings. The number of hydrogen-bond donors (Lipinski definition) is 3. The Bertz CT molecular complexity index is 1280. The fourth-order valence-electron chi connectivity index (χ4n) is 3.92. The third-order valence-corrected chi connectivity index (χ3v) is 7.15. The minimum atomic E-state index is -0.988. The number of para-hydroxylation sites is 1. The number of fused-ring (bicyclic) bond motifs is 1. The van der Waals surface area contributed by atoms with Crippen LogP contribution in [-0.4, -0.2) is 29.8 Å². The van der Waals surface area contributed by atoms with Gasteiger partial charge in [0.2, 0.25) is 17.7 Å². The monoisotopic (exact) mass is 509 g/mol. The van der Waals surface area contributed by atoms with Crippen LogP contribution >= 0.6 is 11.8 Å². The number of amides is 3. The average Bonchev–Trinajstić information content (AvgIpc) is 2.95. The number of thioether (sulfide) groups is 1. The van der Waals surface area contributed by atoms with Gasteiger partial charge in [-0.2, -0.15) is 0 Å². The van der Waals surface area contributed by atoms with Gasteiger partial charge in [0.05, 0.1) is 17.4 Å². The van der Waals surface area contributed by atoms with E-state index in [1.165, 1.54) is 18.7 Å². The summed E-state index contributed by atoms with van der Waals surface area (Å²) in [5, 5.41) is 7.78. The molecule has 3 amide bonds. The normalized spacial score (nSPS) is 17.8. The third kappa shape index (κ3) is 6.09. The van der Waals surface area contributed by atoms with Crippen molar-refractivity contribution in [2.45, 2.75) is 42.5 Å². The van der Waals surface area contributed by atoms with Gasteiger partial charge in [0.15, 0.2) is 0 Å². The van der Waals surface area contributed by atoms with Crippen molar-refractivity contribution in [1.82, 2.24) is 10.6 Å². The molecule has 3 atom stereocenters. The van der Waals surface area contributed by atoms with E-state index in [4.69, 9.17) is 0 Å². The number of hydrogen-bond acceptors (Lipinski definition) is 4. The van der Waals surface area contributed by atoms with E-state index < -0.39 is 40.8 Å². The molecular formula is C27H25F2N3O3S. The highest BCUT2D eigenvalue weighted by molar-refractivity contribution is 7.99. The molecule has 3 N–H and O–H groups in total. The summed E-state index contributed by atoms with van der Waals surface area (Å²) in [5.74, 6) is -3.09. The molecule has 0 aliphatic carbocycles. The van der Waals surface area contributed by atoms with E-state index in [9.17, 15) is 23.2 Å². The van der Waals surface area contributed by atoms with Gasteiger partial charge in [-0.15, -0.1) is 11.8 Å². The van der Waals surface area contributed by atoms with Crippen LogP contribution in [0.15, 0.2) is 71.6 Å². The fourth-order valence-corrected chi connectivity index (χ4v) is 5.22. The molecule has 0 aromatic heterocycles. The second kappa shape index (κ2) is 10.9. The first kappa shape index (κ1) is 25.4. The van der Waals surface area contributed by atoms with E-state index >= 15 is 0 Å². The van der Waals surface area contributed by atoms with E-state index in [1.54, 1.807) is 6.07 Å². The summed E-state index contributed by atoms with van der Waals surface area (Å²) in [7, 11) is 0. The lowest BCUT2D eigenvalue weighted by atomic mass is 10.0. The molecule has 36 heavy (non-hydrogen) atoms. The van der Waals surface area contributed by atoms with Gasteiger partial charge in [-0.05, 0) is 49.2 Å². The number of nitrogens with one attached hydrogen (secondary N) is 3. The Morgan fingerprint density at radius 1 is 1.03 bits per heavy atom. The fraction of sp³-hybridized carbons (Fsp3) is 0.222. The maximum absolute atomic E-state index is 13.4. The molecule has 4 rings (SSSR count). The van der Waals surface area contributed by atoms with E-state index in [1.807, 2.05) is 49.4 Å². The van der Waals surface area contributed by atoms with Crippen molar-refractivity contribution in [3.05, 3.63) is 95.1 Å². The zero-order chi connectivity index (χ0) is 25.8. The summed E-state index contributed by atoms with van der Waals surface area (Å²) >= 11 is 1.46. The Balaban J connectivity index is 1.50. The van der Waals surface area contributed by atoms with Gasteiger partial charge in [-0.1, -0.05) is 42.0 Å². The number of carbonyl (C=O) groups excluding carboxylic acids is 3. The van der Waals surface area contributed by atoms with Crippen LogP contribution in [0, 0.1) is 18.6 Å². The summed E-state index contributed by atoms with van der Waals surface area (Å²) in [6.45, 7) is 3.45. The average molecular weight is 510 g/mol. The van der Waals surface area contributed by atoms with Crippen molar-refractivity contribution in [3.63, 3.8) is 0 Å². The summed E-state index contributed by atoms with van der Waals surface area (Å²) in [5.41, 5.74) is 2.74. The van der Waals surface area contributed by atoms with Crippen molar-refractivity contribution < 1.29 is 23.2 Å². The molecule has 186 valence electrons. The molecule has 0 bridgehead atoms. The van der Waals surface area contributed by atoms with Crippen molar-refractivity contribution in [1.29, 1.82) is 0 Å². The van der Waals surface area contributed by atoms with Crippen LogP contribution in [-0.2, 0) is 20.8 Å². The van der Waals surface area contributed by atoms with Gasteiger partial charge in [-0.3, -0.25) is 14.4 Å². The number of anilines is 1. The number of aryl methyl sites for hydroxylation is 1. The summed E-state index contributed by atoms with van der Waals surface area (Å²) in [4.78, 5) is 39.5. The lowest BCUT2D eigenvalue weighted by Gasteiger charge is -2.26. The minimum absolute atomic E-state index is 0.148. The molecule has 1 aliphatic heterocycles. The molecule has 6 nitrogen and oxygen atoms in total. The number of carbonyl (C=O) groups is 3. The quantitative estimate of drug-likeness (QED) is 0.463. The molecule has 0 unspecified atom stereocenters. The van der Waals surface area contributed by atoms with Crippen molar-refractivity contribution in [2.24, 2.45) is 0 Å². The topological polar surface area (TPSA) is 87.3 Å². The van der Waals surface area contributed by atoms with Crippen LogP contribution in [0.1, 0.15) is 28.9 Å². The van der Waals surface area contributed by atoms with E-state index in [0.717, 1.165) is 34.2 Å². The SMILES string of the molecule is Cc1ccc([C@H]2Sc3ccccc3NC(=O)[C@H]2NC(=O)[C@H](C)NC(=O)Cc2cc(F)cc(F)c2)cc1. The van der Waals surface area contributed by atoms with Crippen LogP contribution in [0.4, 0.5) is 14.5 Å². The standard InChI is InChI=1S/C27H25F2N3O3S/c1-15-7-9-18(10-8-15)25-24(27(35)31-21-5-3-4-6-22(21)36-25)32-26(34)16(2)30-23(33)13-17-11-19(28)14-20(29)12-17/h3-12,14,16,24-25H,13H2,1-2H3,(H,30,33)(H,31,35)(H,32,34)/t16-,24-,25+/m0/s1. The molecule has 1 aliphatic rings. The Morgan fingerprint density at radius 3 is 2.39 bits per heavy atom. The lowest BCUT2D eigenvalue weighted by Crippen LogP contribution is -2.53. The molecule has 0 saturated carbocycles. The Kier molecular flexibility index (Phi) is 7.69. The van der Waals surface area contributed by atoms with Crippen molar-refractivity contribution >= 4 is 35.2 Å². The highest BCUT2D eigenvalue weighted by Crippen LogP contribution is 2.43. The first-order chi connectivity index (χ1) is 17.2. The zero-order valence-corrected chi connectivity index (χ0v) is 20.5. The largest absolute Gasteiger partial charge is 0.344 e. The maximum atomic E-state index is 13.4. The highest BCUT2D eigenvalue weighted by Gasteiger charge is 2.36. The molecule has 3 aromatic carbocycles. The Labute approximate surface area is 211 Å². The predicted octanol–water partition coefficient (Wildman–Crippen LogP) is 4.29. The summed E-state index contributed by atoms with van der Waals surface area (Å²) in [6.07, 6.45) is -0.298. The van der Waals surface area contributed by atoms with Gasteiger partial charge in [0, 0.05) is 11.0 Å². The Hall–Kier alpha value is -3.72. The third-order valence-electron chi connectivity index (χ3n) is 5.75. The van der Waals surface area contributed by atoms with Gasteiger partial charge >= 0.3 is 0 Å². The lowest BCUT2D eigenvalue weighted by molar-refractivity contribution is -0.130. The smallest absolute Gasteiger partial charge is 0.248 e. The number of rotatable bonds is 6. The minimum Gasteiger partial charge on any atom is -0.344 e. The molecule has 0 radical (unpaired) electrons. The zero-order valence-electron chi connectivity index (χ0n) is 19.7.